The molecule has 0 aliphatic carbocycles. The molecule has 0 radical (unpaired) electrons. The molecule has 1 aromatic heterocycles. The standard InChI is InChI=1S/C16H17ClN2O5S2/c1-10(24-16(21)13-7-8-14(17)25-13)15(20)18-11-5-4-6-12(9-11)26(22,23)19(2)3/h4-10H,1-3H3,(H,18,20)/t10-/m1/s1. The molecule has 1 atom stereocenters. The number of rotatable bonds is 6. The Hall–Kier alpha value is -1.94. The van der Waals surface area contributed by atoms with Crippen molar-refractivity contribution in [3.8, 4) is 0 Å². The third-order valence-corrected chi connectivity index (χ3v) is 6.33. The number of carbonyl (C=O) groups is 2. The van der Waals surface area contributed by atoms with Crippen LogP contribution in [-0.4, -0.2) is 44.8 Å². The number of ether oxygens (including phenoxy) is 1. The molecule has 0 fully saturated rings. The lowest BCUT2D eigenvalue weighted by atomic mass is 10.3. The molecule has 0 spiro atoms. The van der Waals surface area contributed by atoms with Gasteiger partial charge in [-0.05, 0) is 37.3 Å². The van der Waals surface area contributed by atoms with Gasteiger partial charge in [0.05, 0.1) is 9.23 Å². The summed E-state index contributed by atoms with van der Waals surface area (Å²) in [5, 5.41) is 2.53. The third kappa shape index (κ3) is 4.82. The Kier molecular flexibility index (Phi) is 6.40. The zero-order valence-corrected chi connectivity index (χ0v) is 16.6. The molecule has 0 aliphatic rings. The maximum absolute atomic E-state index is 12.2. The van der Waals surface area contributed by atoms with E-state index in [0.717, 1.165) is 15.6 Å². The molecule has 0 saturated heterocycles. The van der Waals surface area contributed by atoms with Gasteiger partial charge in [-0.25, -0.2) is 17.5 Å². The van der Waals surface area contributed by atoms with Crippen molar-refractivity contribution in [1.29, 1.82) is 0 Å². The van der Waals surface area contributed by atoms with Gasteiger partial charge in [0.2, 0.25) is 10.0 Å². The van der Waals surface area contributed by atoms with Gasteiger partial charge in [-0.3, -0.25) is 4.79 Å². The van der Waals surface area contributed by atoms with Crippen molar-refractivity contribution in [1.82, 2.24) is 4.31 Å². The zero-order valence-electron chi connectivity index (χ0n) is 14.2. The molecule has 0 aliphatic heterocycles. The summed E-state index contributed by atoms with van der Waals surface area (Å²) in [7, 11) is -0.791. The van der Waals surface area contributed by atoms with Crippen molar-refractivity contribution < 1.29 is 22.7 Å². The Morgan fingerprint density at radius 1 is 1.23 bits per heavy atom. The number of sulfonamides is 1. The molecule has 2 rings (SSSR count). The SMILES string of the molecule is C[C@@H](OC(=O)c1ccc(Cl)s1)C(=O)Nc1cccc(S(=O)(=O)N(C)C)c1. The molecule has 1 aromatic carbocycles. The van der Waals surface area contributed by atoms with Crippen LogP contribution < -0.4 is 5.32 Å². The van der Waals surface area contributed by atoms with Gasteiger partial charge in [0.1, 0.15) is 4.88 Å². The van der Waals surface area contributed by atoms with Gasteiger partial charge in [0, 0.05) is 19.8 Å². The molecular weight excluding hydrogens is 400 g/mol. The summed E-state index contributed by atoms with van der Waals surface area (Å²) < 4.78 is 30.9. The molecule has 0 saturated carbocycles. The van der Waals surface area contributed by atoms with Crippen LogP contribution in [0.25, 0.3) is 0 Å². The Morgan fingerprint density at radius 3 is 2.50 bits per heavy atom. The predicted molar refractivity (Wildman–Crippen MR) is 100 cm³/mol. The second-order valence-electron chi connectivity index (χ2n) is 5.46. The van der Waals surface area contributed by atoms with Gasteiger partial charge in [-0.1, -0.05) is 17.7 Å². The van der Waals surface area contributed by atoms with Crippen molar-refractivity contribution >= 4 is 50.5 Å². The average molecular weight is 417 g/mol. The normalized spacial score (nSPS) is 12.7. The van der Waals surface area contributed by atoms with E-state index in [0.29, 0.717) is 4.34 Å². The fourth-order valence-corrected chi connectivity index (χ4v) is 3.76. The summed E-state index contributed by atoms with van der Waals surface area (Å²) in [4.78, 5) is 24.5. The van der Waals surface area contributed by atoms with Crippen LogP contribution in [0.2, 0.25) is 4.34 Å². The van der Waals surface area contributed by atoms with Gasteiger partial charge in [-0.2, -0.15) is 0 Å². The summed E-state index contributed by atoms with van der Waals surface area (Å²) in [5.74, 6) is -1.24. The molecule has 1 amide bonds. The first-order valence-electron chi connectivity index (χ1n) is 7.41. The lowest BCUT2D eigenvalue weighted by Gasteiger charge is -2.15. The minimum absolute atomic E-state index is 0.0400. The highest BCUT2D eigenvalue weighted by molar-refractivity contribution is 7.89. The number of nitrogens with one attached hydrogen (secondary N) is 1. The summed E-state index contributed by atoms with van der Waals surface area (Å²) >= 11 is 6.81. The molecule has 7 nitrogen and oxygen atoms in total. The van der Waals surface area contributed by atoms with Crippen LogP contribution in [0.4, 0.5) is 5.69 Å². The minimum Gasteiger partial charge on any atom is -0.448 e. The lowest BCUT2D eigenvalue weighted by molar-refractivity contribution is -0.123. The van der Waals surface area contributed by atoms with Crippen molar-refractivity contribution in [3.05, 3.63) is 45.6 Å². The second kappa shape index (κ2) is 8.17. The lowest BCUT2D eigenvalue weighted by Crippen LogP contribution is -2.30. The maximum Gasteiger partial charge on any atom is 0.349 e. The summed E-state index contributed by atoms with van der Waals surface area (Å²) in [6.45, 7) is 1.42. The van der Waals surface area contributed by atoms with Crippen LogP contribution in [0.15, 0.2) is 41.3 Å². The minimum atomic E-state index is -3.62. The molecular formula is C16H17ClN2O5S2. The summed E-state index contributed by atoms with van der Waals surface area (Å²) in [5.41, 5.74) is 0.278. The van der Waals surface area contributed by atoms with Crippen molar-refractivity contribution in [2.24, 2.45) is 0 Å². The first-order valence-corrected chi connectivity index (χ1v) is 10.0. The molecule has 10 heteroatoms. The van der Waals surface area contributed by atoms with Crippen LogP contribution in [0, 0.1) is 0 Å². The van der Waals surface area contributed by atoms with E-state index in [1.807, 2.05) is 0 Å². The monoisotopic (exact) mass is 416 g/mol. The van der Waals surface area contributed by atoms with Crippen molar-refractivity contribution in [2.45, 2.75) is 17.9 Å². The largest absolute Gasteiger partial charge is 0.448 e. The van der Waals surface area contributed by atoms with Gasteiger partial charge in [0.15, 0.2) is 6.10 Å². The number of amides is 1. The number of nitrogens with zero attached hydrogens (tertiary/aromatic N) is 1. The van der Waals surface area contributed by atoms with Gasteiger partial charge < -0.3 is 10.1 Å². The molecule has 1 heterocycles. The van der Waals surface area contributed by atoms with E-state index in [2.05, 4.69) is 5.32 Å². The van der Waals surface area contributed by atoms with E-state index in [1.165, 1.54) is 45.3 Å². The number of hydrogen-bond acceptors (Lipinski definition) is 6. The molecule has 2 aromatic rings. The van der Waals surface area contributed by atoms with E-state index in [9.17, 15) is 18.0 Å². The highest BCUT2D eigenvalue weighted by Gasteiger charge is 2.21. The highest BCUT2D eigenvalue weighted by Crippen LogP contribution is 2.23. The van der Waals surface area contributed by atoms with Gasteiger partial charge >= 0.3 is 5.97 Å². The molecule has 26 heavy (non-hydrogen) atoms. The van der Waals surface area contributed by atoms with E-state index in [-0.39, 0.29) is 15.5 Å². The fraction of sp³-hybridized carbons (Fsp3) is 0.250. The highest BCUT2D eigenvalue weighted by atomic mass is 35.5. The smallest absolute Gasteiger partial charge is 0.349 e. The van der Waals surface area contributed by atoms with Crippen LogP contribution in [-0.2, 0) is 19.6 Å². The third-order valence-electron chi connectivity index (χ3n) is 3.31. The Bertz CT molecular complexity index is 924. The van der Waals surface area contributed by atoms with E-state index in [4.69, 9.17) is 16.3 Å². The average Bonchev–Trinajstić information content (AvgIpc) is 3.01. The zero-order chi connectivity index (χ0) is 19.5. The maximum atomic E-state index is 12.2. The predicted octanol–water partition coefficient (Wildman–Crippen LogP) is 2.84. The number of thiophene rings is 1. The van der Waals surface area contributed by atoms with Crippen molar-refractivity contribution in [2.75, 3.05) is 19.4 Å². The second-order valence-corrected chi connectivity index (χ2v) is 9.32. The quantitative estimate of drug-likeness (QED) is 0.731. The van der Waals surface area contributed by atoms with E-state index >= 15 is 0 Å². The molecule has 0 bridgehead atoms. The number of anilines is 1. The summed E-state index contributed by atoms with van der Waals surface area (Å²) in [6, 6.07) is 8.88. The Labute approximate surface area is 160 Å². The first kappa shape index (κ1) is 20.4. The number of hydrogen-bond donors (Lipinski definition) is 1. The van der Waals surface area contributed by atoms with Gasteiger partial charge in [0.25, 0.3) is 5.91 Å². The Morgan fingerprint density at radius 2 is 1.92 bits per heavy atom. The Balaban J connectivity index is 2.06. The van der Waals surface area contributed by atoms with E-state index < -0.39 is 28.0 Å². The number of benzene rings is 1. The number of halogens is 1. The molecule has 140 valence electrons. The number of esters is 1. The van der Waals surface area contributed by atoms with Crippen LogP contribution >= 0.6 is 22.9 Å². The van der Waals surface area contributed by atoms with Crippen LogP contribution in [0.3, 0.4) is 0 Å². The van der Waals surface area contributed by atoms with E-state index in [1.54, 1.807) is 12.1 Å². The molecule has 1 N–H and O–H groups in total. The summed E-state index contributed by atoms with van der Waals surface area (Å²) in [6.07, 6.45) is -1.07. The fourth-order valence-electron chi connectivity index (χ4n) is 1.89. The molecule has 0 unspecified atom stereocenters. The topological polar surface area (TPSA) is 92.8 Å². The van der Waals surface area contributed by atoms with Gasteiger partial charge in [-0.15, -0.1) is 11.3 Å². The number of carbonyl (C=O) groups excluding carboxylic acids is 2. The van der Waals surface area contributed by atoms with Crippen LogP contribution in [0.5, 0.6) is 0 Å². The van der Waals surface area contributed by atoms with Crippen LogP contribution in [0.1, 0.15) is 16.6 Å². The van der Waals surface area contributed by atoms with Crippen molar-refractivity contribution in [3.63, 3.8) is 0 Å². The first-order chi connectivity index (χ1) is 12.1.